The van der Waals surface area contributed by atoms with E-state index in [0.29, 0.717) is 10.4 Å². The van der Waals surface area contributed by atoms with E-state index in [1.807, 2.05) is 0 Å². The Morgan fingerprint density at radius 2 is 2.27 bits per heavy atom. The lowest BCUT2D eigenvalue weighted by Crippen LogP contribution is -2.53. The molecule has 0 spiro atoms. The molecule has 0 fully saturated rings. The molecule has 1 aliphatic rings. The van der Waals surface area contributed by atoms with Crippen molar-refractivity contribution in [2.24, 2.45) is 0 Å². The van der Waals surface area contributed by atoms with Gasteiger partial charge in [-0.3, -0.25) is 9.78 Å². The summed E-state index contributed by atoms with van der Waals surface area (Å²) >= 11 is 1.19. The summed E-state index contributed by atoms with van der Waals surface area (Å²) in [5.74, 6) is -2.00. The summed E-state index contributed by atoms with van der Waals surface area (Å²) in [6, 6.07) is 4.72. The molecule has 1 aromatic heterocycles. The van der Waals surface area contributed by atoms with Gasteiger partial charge in [0.25, 0.3) is 5.91 Å². The number of nitrogens with zero attached hydrogens (tertiary/aromatic N) is 1. The van der Waals surface area contributed by atoms with Gasteiger partial charge >= 0.3 is 13.1 Å². The normalized spacial score (nSPS) is 16.6. The molecule has 22 heavy (non-hydrogen) atoms. The van der Waals surface area contributed by atoms with Crippen molar-refractivity contribution in [2.75, 3.05) is 0 Å². The predicted octanol–water partition coefficient (Wildman–Crippen LogP) is 0.594. The fraction of sp³-hybridized carbons (Fsp3) is 0.154. The Balaban J connectivity index is 1.81. The smallest absolute Gasteiger partial charge is 0.534 e. The SMILES string of the molecule is O=C(N[C@H]1Cc2cccc(C(=O)O)c2OB1O)c1cncs1. The quantitative estimate of drug-likeness (QED) is 0.715. The molecule has 9 heteroatoms. The number of carboxylic acids is 1. The average molecular weight is 318 g/mol. The van der Waals surface area contributed by atoms with Crippen LogP contribution in [0.3, 0.4) is 0 Å². The zero-order chi connectivity index (χ0) is 15.7. The van der Waals surface area contributed by atoms with Gasteiger partial charge < -0.3 is 20.1 Å². The Morgan fingerprint density at radius 1 is 1.45 bits per heavy atom. The van der Waals surface area contributed by atoms with Gasteiger partial charge in [0.05, 0.1) is 23.2 Å². The van der Waals surface area contributed by atoms with Gasteiger partial charge in [-0.25, -0.2) is 4.79 Å². The number of para-hydroxylation sites is 1. The molecule has 3 N–H and O–H groups in total. The lowest BCUT2D eigenvalue weighted by molar-refractivity contribution is 0.0693. The van der Waals surface area contributed by atoms with E-state index in [-0.39, 0.29) is 23.6 Å². The average Bonchev–Trinajstić information content (AvgIpc) is 3.01. The van der Waals surface area contributed by atoms with Crippen molar-refractivity contribution in [3.8, 4) is 5.75 Å². The van der Waals surface area contributed by atoms with Crippen LogP contribution >= 0.6 is 11.3 Å². The molecule has 2 aromatic rings. The van der Waals surface area contributed by atoms with Crippen LogP contribution in [0.25, 0.3) is 0 Å². The van der Waals surface area contributed by atoms with Gasteiger partial charge in [-0.1, -0.05) is 12.1 Å². The van der Waals surface area contributed by atoms with Crippen LogP contribution in [0.1, 0.15) is 25.6 Å². The van der Waals surface area contributed by atoms with E-state index in [1.165, 1.54) is 29.1 Å². The van der Waals surface area contributed by atoms with E-state index in [4.69, 9.17) is 9.76 Å². The number of aromatic carboxylic acids is 1. The molecule has 0 unspecified atom stereocenters. The minimum atomic E-state index is -1.31. The highest BCUT2D eigenvalue weighted by Gasteiger charge is 2.37. The molecule has 1 aromatic carbocycles. The fourth-order valence-corrected chi connectivity index (χ4v) is 2.81. The minimum absolute atomic E-state index is 0.0104. The van der Waals surface area contributed by atoms with Gasteiger partial charge in [-0.05, 0) is 18.1 Å². The molecule has 0 bridgehead atoms. The van der Waals surface area contributed by atoms with Crippen molar-refractivity contribution in [1.82, 2.24) is 10.3 Å². The molecule has 112 valence electrons. The number of fused-ring (bicyclic) bond motifs is 1. The number of amides is 1. The van der Waals surface area contributed by atoms with E-state index in [2.05, 4.69) is 10.3 Å². The molecule has 0 saturated carbocycles. The summed E-state index contributed by atoms with van der Waals surface area (Å²) in [4.78, 5) is 27.4. The van der Waals surface area contributed by atoms with Crippen molar-refractivity contribution in [1.29, 1.82) is 0 Å². The van der Waals surface area contributed by atoms with Gasteiger partial charge in [0.1, 0.15) is 10.6 Å². The van der Waals surface area contributed by atoms with Gasteiger partial charge in [-0.15, -0.1) is 11.3 Å². The molecule has 2 heterocycles. The first-order valence-corrected chi connectivity index (χ1v) is 7.33. The second kappa shape index (κ2) is 5.78. The third-order valence-electron chi connectivity index (χ3n) is 3.32. The maximum atomic E-state index is 12.0. The van der Waals surface area contributed by atoms with Crippen LogP contribution in [0.4, 0.5) is 0 Å². The summed E-state index contributed by atoms with van der Waals surface area (Å²) in [5, 5.41) is 21.8. The van der Waals surface area contributed by atoms with Crippen LogP contribution in [0.5, 0.6) is 5.75 Å². The van der Waals surface area contributed by atoms with Crippen molar-refractivity contribution >= 4 is 30.3 Å². The standard InChI is InChI=1S/C13H11BN2O5S/c17-12(9-5-15-6-22-9)16-10-4-7-2-1-3-8(13(18)19)11(7)21-14(10)20/h1-3,5-6,10,20H,4H2,(H,16,17)(H,18,19)/t10-/m0/s1. The van der Waals surface area contributed by atoms with E-state index in [1.54, 1.807) is 12.1 Å². The molecular formula is C13H11BN2O5S. The van der Waals surface area contributed by atoms with Crippen LogP contribution < -0.4 is 9.97 Å². The molecule has 0 aliphatic carbocycles. The minimum Gasteiger partial charge on any atom is -0.534 e. The number of hydrogen-bond acceptors (Lipinski definition) is 6. The van der Waals surface area contributed by atoms with Gasteiger partial charge in [0.2, 0.25) is 0 Å². The highest BCUT2D eigenvalue weighted by molar-refractivity contribution is 7.11. The Morgan fingerprint density at radius 3 is 2.95 bits per heavy atom. The third-order valence-corrected chi connectivity index (χ3v) is 4.09. The molecule has 7 nitrogen and oxygen atoms in total. The molecule has 1 aliphatic heterocycles. The number of nitrogens with one attached hydrogen (secondary N) is 1. The molecular weight excluding hydrogens is 307 g/mol. The van der Waals surface area contributed by atoms with Gasteiger partial charge in [0.15, 0.2) is 0 Å². The van der Waals surface area contributed by atoms with Crippen molar-refractivity contribution < 1.29 is 24.4 Å². The number of carbonyl (C=O) groups excluding carboxylic acids is 1. The number of benzene rings is 1. The topological polar surface area (TPSA) is 109 Å². The summed E-state index contributed by atoms with van der Waals surface area (Å²) in [5.41, 5.74) is 2.15. The Kier molecular flexibility index (Phi) is 3.82. The first-order valence-electron chi connectivity index (χ1n) is 6.45. The van der Waals surface area contributed by atoms with E-state index < -0.39 is 19.0 Å². The Bertz CT molecular complexity index is 721. The number of carboxylic acid groups (broad SMARTS) is 1. The number of carbonyl (C=O) groups is 2. The molecule has 3 rings (SSSR count). The van der Waals surface area contributed by atoms with E-state index >= 15 is 0 Å². The highest BCUT2D eigenvalue weighted by Crippen LogP contribution is 2.30. The largest absolute Gasteiger partial charge is 0.547 e. The second-order valence-corrected chi connectivity index (χ2v) is 5.64. The summed E-state index contributed by atoms with van der Waals surface area (Å²) in [7, 11) is -1.31. The first kappa shape index (κ1) is 14.5. The van der Waals surface area contributed by atoms with Crippen molar-refractivity contribution in [3.63, 3.8) is 0 Å². The lowest BCUT2D eigenvalue weighted by Gasteiger charge is -2.28. The Labute approximate surface area is 129 Å². The molecule has 0 saturated heterocycles. The third kappa shape index (κ3) is 2.68. The zero-order valence-electron chi connectivity index (χ0n) is 11.2. The van der Waals surface area contributed by atoms with Crippen LogP contribution in [0, 0.1) is 0 Å². The molecule has 1 atom stereocenters. The Hall–Kier alpha value is -2.39. The van der Waals surface area contributed by atoms with E-state index in [0.717, 1.165) is 0 Å². The maximum absolute atomic E-state index is 12.0. The number of hydrogen-bond donors (Lipinski definition) is 3. The predicted molar refractivity (Wildman–Crippen MR) is 79.1 cm³/mol. The molecule has 1 amide bonds. The number of aromatic nitrogens is 1. The highest BCUT2D eigenvalue weighted by atomic mass is 32.1. The summed E-state index contributed by atoms with van der Waals surface area (Å²) in [6.07, 6.45) is 1.72. The number of rotatable bonds is 3. The maximum Gasteiger partial charge on any atom is 0.547 e. The van der Waals surface area contributed by atoms with E-state index in [9.17, 15) is 14.6 Å². The van der Waals surface area contributed by atoms with Gasteiger partial charge in [-0.2, -0.15) is 0 Å². The van der Waals surface area contributed by atoms with Crippen molar-refractivity contribution in [3.05, 3.63) is 45.9 Å². The monoisotopic (exact) mass is 318 g/mol. The lowest BCUT2D eigenvalue weighted by atomic mass is 9.72. The first-order chi connectivity index (χ1) is 10.6. The molecule has 0 radical (unpaired) electrons. The van der Waals surface area contributed by atoms with Crippen molar-refractivity contribution in [2.45, 2.75) is 12.4 Å². The second-order valence-electron chi connectivity index (χ2n) is 4.76. The fourth-order valence-electron chi connectivity index (χ4n) is 2.28. The van der Waals surface area contributed by atoms with Crippen LogP contribution in [0.15, 0.2) is 29.9 Å². The zero-order valence-corrected chi connectivity index (χ0v) is 12.0. The van der Waals surface area contributed by atoms with Gasteiger partial charge in [0, 0.05) is 0 Å². The van der Waals surface area contributed by atoms with Crippen LogP contribution in [-0.4, -0.2) is 40.1 Å². The summed E-state index contributed by atoms with van der Waals surface area (Å²) in [6.45, 7) is 0. The summed E-state index contributed by atoms with van der Waals surface area (Å²) < 4.78 is 5.30. The van der Waals surface area contributed by atoms with Crippen LogP contribution in [0.2, 0.25) is 0 Å². The number of thiazole rings is 1. The van der Waals surface area contributed by atoms with Crippen LogP contribution in [-0.2, 0) is 6.42 Å².